The van der Waals surface area contributed by atoms with E-state index in [0.29, 0.717) is 0 Å². The maximum absolute atomic E-state index is 11.5. The van der Waals surface area contributed by atoms with Gasteiger partial charge in [0.05, 0.1) is 5.69 Å². The average Bonchev–Trinajstić information content (AvgIpc) is 2.89. The van der Waals surface area contributed by atoms with Gasteiger partial charge in [-0.25, -0.2) is 0 Å². The molecule has 2 heterocycles. The number of carboxylic acids is 1. The van der Waals surface area contributed by atoms with Crippen LogP contribution in [0.15, 0.2) is 0 Å². The van der Waals surface area contributed by atoms with Crippen molar-refractivity contribution in [2.75, 3.05) is 6.54 Å². The second-order valence-corrected chi connectivity index (χ2v) is 5.86. The van der Waals surface area contributed by atoms with Gasteiger partial charge in [0.25, 0.3) is 0 Å². The molecule has 0 saturated carbocycles. The fourth-order valence-corrected chi connectivity index (χ4v) is 3.59. The number of aromatic nitrogens is 2. The molecule has 1 N–H and O–H groups in total. The van der Waals surface area contributed by atoms with Crippen molar-refractivity contribution >= 4 is 5.97 Å². The zero-order chi connectivity index (χ0) is 15.0. The van der Waals surface area contributed by atoms with Crippen molar-refractivity contribution in [2.45, 2.75) is 59.7 Å². The van der Waals surface area contributed by atoms with Crippen LogP contribution in [-0.2, 0) is 11.3 Å². The van der Waals surface area contributed by atoms with Crippen LogP contribution in [0.3, 0.4) is 0 Å². The van der Waals surface area contributed by atoms with Crippen molar-refractivity contribution in [3.8, 4) is 0 Å². The second-order valence-electron chi connectivity index (χ2n) is 5.86. The summed E-state index contributed by atoms with van der Waals surface area (Å²) in [7, 11) is 0. The Morgan fingerprint density at radius 3 is 2.65 bits per heavy atom. The predicted molar refractivity (Wildman–Crippen MR) is 77.7 cm³/mol. The molecule has 0 spiro atoms. The normalized spacial score (nSPS) is 25.1. The van der Waals surface area contributed by atoms with E-state index < -0.39 is 5.97 Å². The van der Waals surface area contributed by atoms with Gasteiger partial charge in [-0.05, 0) is 46.6 Å². The number of hydrogen-bond acceptors (Lipinski definition) is 3. The third-order valence-corrected chi connectivity index (χ3v) is 4.64. The molecule has 5 heteroatoms. The van der Waals surface area contributed by atoms with Gasteiger partial charge < -0.3 is 5.11 Å². The van der Waals surface area contributed by atoms with E-state index in [0.717, 1.165) is 30.9 Å². The molecule has 1 saturated heterocycles. The molecule has 0 radical (unpaired) electrons. The maximum atomic E-state index is 11.5. The minimum absolute atomic E-state index is 0.0985. The van der Waals surface area contributed by atoms with Crippen LogP contribution < -0.4 is 0 Å². The highest BCUT2D eigenvalue weighted by Gasteiger charge is 2.40. The molecule has 112 valence electrons. The molecule has 1 aromatic heterocycles. The molecule has 1 aliphatic rings. The van der Waals surface area contributed by atoms with Crippen molar-refractivity contribution in [2.24, 2.45) is 5.92 Å². The highest BCUT2D eigenvalue weighted by molar-refractivity contribution is 5.74. The number of rotatable bonds is 4. The topological polar surface area (TPSA) is 58.4 Å². The van der Waals surface area contributed by atoms with Crippen molar-refractivity contribution in [3.05, 3.63) is 17.0 Å². The molecule has 20 heavy (non-hydrogen) atoms. The molecule has 0 amide bonds. The van der Waals surface area contributed by atoms with Crippen LogP contribution in [0, 0.1) is 19.8 Å². The Balaban J connectivity index is 2.34. The van der Waals surface area contributed by atoms with E-state index in [2.05, 4.69) is 30.8 Å². The number of aliphatic carboxylic acids is 1. The highest BCUT2D eigenvalue weighted by atomic mass is 16.4. The summed E-state index contributed by atoms with van der Waals surface area (Å²) in [6.07, 6.45) is 0.946. The van der Waals surface area contributed by atoms with Crippen LogP contribution in [-0.4, -0.2) is 38.3 Å². The molecular weight excluding hydrogens is 254 g/mol. The highest BCUT2D eigenvalue weighted by Crippen LogP contribution is 2.35. The molecule has 5 nitrogen and oxygen atoms in total. The molecule has 3 atom stereocenters. The molecule has 1 fully saturated rings. The zero-order valence-electron chi connectivity index (χ0n) is 13.1. The number of aryl methyl sites for hydroxylation is 2. The summed E-state index contributed by atoms with van der Waals surface area (Å²) in [5.41, 5.74) is 3.36. The molecule has 0 bridgehead atoms. The summed E-state index contributed by atoms with van der Waals surface area (Å²) in [6, 6.07) is -0.282. The lowest BCUT2D eigenvalue weighted by molar-refractivity contribution is -0.144. The average molecular weight is 279 g/mol. The van der Waals surface area contributed by atoms with Crippen molar-refractivity contribution in [3.63, 3.8) is 0 Å². The lowest BCUT2D eigenvalue weighted by atomic mass is 10.0. The maximum Gasteiger partial charge on any atom is 0.321 e. The molecule has 0 aromatic carbocycles. The Kier molecular flexibility index (Phi) is 4.18. The van der Waals surface area contributed by atoms with Gasteiger partial charge in [0, 0.05) is 23.8 Å². The first-order chi connectivity index (χ1) is 9.38. The third kappa shape index (κ3) is 2.35. The first kappa shape index (κ1) is 15.0. The SMILES string of the molecule is CCn1nc(C)c(C(C)N2CCC(C)C2C(=O)O)c1C. The number of nitrogens with zero attached hydrogens (tertiary/aromatic N) is 3. The lowest BCUT2D eigenvalue weighted by Gasteiger charge is -2.30. The number of likely N-dealkylation sites (tertiary alicyclic amines) is 1. The number of carbonyl (C=O) groups is 1. The summed E-state index contributed by atoms with van der Waals surface area (Å²) >= 11 is 0. The van der Waals surface area contributed by atoms with Crippen LogP contribution in [0.5, 0.6) is 0 Å². The fraction of sp³-hybridized carbons (Fsp3) is 0.733. The number of hydrogen-bond donors (Lipinski definition) is 1. The molecular formula is C15H25N3O2. The molecule has 2 rings (SSSR count). The second kappa shape index (κ2) is 5.56. The van der Waals surface area contributed by atoms with Gasteiger partial charge in [-0.15, -0.1) is 0 Å². The summed E-state index contributed by atoms with van der Waals surface area (Å²) in [4.78, 5) is 13.6. The van der Waals surface area contributed by atoms with Crippen LogP contribution in [0.1, 0.15) is 50.2 Å². The largest absolute Gasteiger partial charge is 0.480 e. The quantitative estimate of drug-likeness (QED) is 0.919. The summed E-state index contributed by atoms with van der Waals surface area (Å²) < 4.78 is 2.00. The van der Waals surface area contributed by atoms with Gasteiger partial charge >= 0.3 is 5.97 Å². The van der Waals surface area contributed by atoms with Gasteiger partial charge in [-0.3, -0.25) is 14.4 Å². The molecule has 3 unspecified atom stereocenters. The Hall–Kier alpha value is -1.36. The monoisotopic (exact) mass is 279 g/mol. The van der Waals surface area contributed by atoms with Crippen molar-refractivity contribution in [1.82, 2.24) is 14.7 Å². The molecule has 1 aromatic rings. The molecule has 0 aliphatic carbocycles. The Labute approximate surface area is 120 Å². The standard InChI is InChI=1S/C15H25N3O2/c1-6-18-12(5)13(10(3)16-18)11(4)17-8-7-9(2)14(17)15(19)20/h9,11,14H,6-8H2,1-5H3,(H,19,20). The minimum atomic E-state index is -0.708. The van der Waals surface area contributed by atoms with Crippen LogP contribution in [0.25, 0.3) is 0 Å². The zero-order valence-corrected chi connectivity index (χ0v) is 13.1. The van der Waals surface area contributed by atoms with E-state index in [4.69, 9.17) is 0 Å². The molecule has 1 aliphatic heterocycles. The van der Waals surface area contributed by atoms with Crippen LogP contribution in [0.4, 0.5) is 0 Å². The van der Waals surface area contributed by atoms with Crippen molar-refractivity contribution in [1.29, 1.82) is 0 Å². The van der Waals surface area contributed by atoms with Gasteiger partial charge in [-0.1, -0.05) is 6.92 Å². The van der Waals surface area contributed by atoms with Crippen LogP contribution >= 0.6 is 0 Å². The van der Waals surface area contributed by atoms with E-state index in [9.17, 15) is 9.90 Å². The first-order valence-corrected chi connectivity index (χ1v) is 7.40. The fourth-order valence-electron chi connectivity index (χ4n) is 3.59. The lowest BCUT2D eigenvalue weighted by Crippen LogP contribution is -2.40. The van der Waals surface area contributed by atoms with E-state index in [1.54, 1.807) is 0 Å². The summed E-state index contributed by atoms with van der Waals surface area (Å²) in [5, 5.41) is 14.0. The Bertz CT molecular complexity index is 509. The Morgan fingerprint density at radius 2 is 2.15 bits per heavy atom. The van der Waals surface area contributed by atoms with E-state index >= 15 is 0 Å². The Morgan fingerprint density at radius 1 is 1.50 bits per heavy atom. The van der Waals surface area contributed by atoms with Crippen molar-refractivity contribution < 1.29 is 9.90 Å². The van der Waals surface area contributed by atoms with Crippen LogP contribution in [0.2, 0.25) is 0 Å². The number of carboxylic acid groups (broad SMARTS) is 1. The first-order valence-electron chi connectivity index (χ1n) is 7.40. The van der Waals surface area contributed by atoms with E-state index in [1.807, 2.05) is 18.5 Å². The van der Waals surface area contributed by atoms with Gasteiger partial charge in [0.15, 0.2) is 0 Å². The third-order valence-electron chi connectivity index (χ3n) is 4.64. The van der Waals surface area contributed by atoms with Gasteiger partial charge in [-0.2, -0.15) is 5.10 Å². The van der Waals surface area contributed by atoms with E-state index in [1.165, 1.54) is 5.56 Å². The smallest absolute Gasteiger partial charge is 0.321 e. The predicted octanol–water partition coefficient (Wildman–Crippen LogP) is 2.38. The minimum Gasteiger partial charge on any atom is -0.480 e. The van der Waals surface area contributed by atoms with Gasteiger partial charge in [0.2, 0.25) is 0 Å². The summed E-state index contributed by atoms with van der Waals surface area (Å²) in [6.45, 7) is 12.0. The summed E-state index contributed by atoms with van der Waals surface area (Å²) in [5.74, 6) is -0.503. The van der Waals surface area contributed by atoms with Gasteiger partial charge in [0.1, 0.15) is 6.04 Å². The van der Waals surface area contributed by atoms with E-state index in [-0.39, 0.29) is 18.0 Å².